The van der Waals surface area contributed by atoms with Crippen molar-refractivity contribution in [2.75, 3.05) is 25.3 Å². The lowest BCUT2D eigenvalue weighted by Gasteiger charge is -2.26. The zero-order chi connectivity index (χ0) is 12.3. The van der Waals surface area contributed by atoms with Gasteiger partial charge < -0.3 is 19.9 Å². The molecule has 0 saturated heterocycles. The number of anilines is 1. The zero-order valence-corrected chi connectivity index (χ0v) is 10.3. The molecular weight excluding hydrogens is 218 g/mol. The minimum absolute atomic E-state index is 0.0869. The molecule has 0 aliphatic carbocycles. The van der Waals surface area contributed by atoms with E-state index < -0.39 is 0 Å². The predicted molar refractivity (Wildman–Crippen MR) is 66.5 cm³/mol. The average Bonchev–Trinajstić information content (AvgIpc) is 2.83. The van der Waals surface area contributed by atoms with E-state index in [1.165, 1.54) is 0 Å². The Labute approximate surface area is 102 Å². The molecule has 2 N–H and O–H groups in total. The first-order valence-corrected chi connectivity index (χ1v) is 5.91. The zero-order valence-electron chi connectivity index (χ0n) is 10.3. The third-order valence-corrected chi connectivity index (χ3v) is 3.33. The molecule has 1 unspecified atom stereocenters. The Bertz CT molecular complexity index is 388. The first kappa shape index (κ1) is 12.0. The molecule has 0 fully saturated rings. The largest absolute Gasteiger partial charge is 0.454 e. The summed E-state index contributed by atoms with van der Waals surface area (Å²) in [4.78, 5) is 0. The van der Waals surface area contributed by atoms with Crippen molar-refractivity contribution in [1.29, 1.82) is 0 Å². The summed E-state index contributed by atoms with van der Waals surface area (Å²) < 4.78 is 10.6. The van der Waals surface area contributed by atoms with Crippen molar-refractivity contribution in [3.8, 4) is 11.5 Å². The van der Waals surface area contributed by atoms with E-state index in [4.69, 9.17) is 9.47 Å². The van der Waals surface area contributed by atoms with E-state index in [1.807, 2.05) is 18.2 Å². The van der Waals surface area contributed by atoms with Gasteiger partial charge in [0.1, 0.15) is 0 Å². The molecule has 1 aliphatic heterocycles. The molecule has 1 aromatic carbocycles. The molecule has 0 amide bonds. The van der Waals surface area contributed by atoms with Gasteiger partial charge in [0.2, 0.25) is 6.79 Å². The van der Waals surface area contributed by atoms with Crippen molar-refractivity contribution in [2.24, 2.45) is 5.41 Å². The maximum Gasteiger partial charge on any atom is 0.231 e. The van der Waals surface area contributed by atoms with Gasteiger partial charge in [0, 0.05) is 23.7 Å². The fourth-order valence-corrected chi connectivity index (χ4v) is 1.61. The molecule has 1 heterocycles. The van der Waals surface area contributed by atoms with E-state index in [2.05, 4.69) is 19.2 Å². The molecule has 0 bridgehead atoms. The Balaban J connectivity index is 2.00. The topological polar surface area (TPSA) is 50.7 Å². The van der Waals surface area contributed by atoms with Crippen molar-refractivity contribution >= 4 is 5.69 Å². The van der Waals surface area contributed by atoms with Gasteiger partial charge in [-0.25, -0.2) is 0 Å². The summed E-state index contributed by atoms with van der Waals surface area (Å²) >= 11 is 0. The lowest BCUT2D eigenvalue weighted by molar-refractivity contribution is 0.149. The van der Waals surface area contributed by atoms with Crippen LogP contribution in [0.2, 0.25) is 0 Å². The van der Waals surface area contributed by atoms with Gasteiger partial charge in [0.05, 0.1) is 6.61 Å². The van der Waals surface area contributed by atoms with Crippen molar-refractivity contribution in [3.05, 3.63) is 18.2 Å². The highest BCUT2D eigenvalue weighted by Gasteiger charge is 2.21. The summed E-state index contributed by atoms with van der Waals surface area (Å²) in [5, 5.41) is 12.7. The molecule has 0 spiro atoms. The van der Waals surface area contributed by atoms with E-state index in [1.54, 1.807) is 0 Å². The van der Waals surface area contributed by atoms with E-state index >= 15 is 0 Å². The molecule has 1 atom stereocenters. The Morgan fingerprint density at radius 2 is 2.12 bits per heavy atom. The van der Waals surface area contributed by atoms with Crippen molar-refractivity contribution in [1.82, 2.24) is 0 Å². The Hall–Kier alpha value is -1.42. The number of benzene rings is 1. The highest BCUT2D eigenvalue weighted by atomic mass is 16.7. The number of rotatable bonds is 5. The van der Waals surface area contributed by atoms with Crippen LogP contribution in [-0.4, -0.2) is 25.1 Å². The van der Waals surface area contributed by atoms with Crippen LogP contribution in [0.4, 0.5) is 5.69 Å². The monoisotopic (exact) mass is 237 g/mol. The molecule has 4 heteroatoms. The lowest BCUT2D eigenvalue weighted by atomic mass is 9.88. The highest BCUT2D eigenvalue weighted by Crippen LogP contribution is 2.34. The number of nitrogens with one attached hydrogen (secondary N) is 1. The molecule has 0 radical (unpaired) electrons. The highest BCUT2D eigenvalue weighted by molar-refractivity contribution is 5.55. The number of hydrogen-bond acceptors (Lipinski definition) is 4. The molecule has 1 aromatic rings. The smallest absolute Gasteiger partial charge is 0.231 e. The van der Waals surface area contributed by atoms with Crippen LogP contribution in [-0.2, 0) is 0 Å². The Morgan fingerprint density at radius 1 is 1.35 bits per heavy atom. The SMILES string of the molecule is CCC(C)(CO)CNc1ccc2c(c1)OCO2. The second kappa shape index (κ2) is 4.84. The minimum Gasteiger partial charge on any atom is -0.454 e. The van der Waals surface area contributed by atoms with E-state index in [0.29, 0.717) is 6.79 Å². The van der Waals surface area contributed by atoms with Gasteiger partial charge in [-0.05, 0) is 18.6 Å². The molecule has 0 saturated carbocycles. The number of ether oxygens (including phenoxy) is 2. The summed E-state index contributed by atoms with van der Waals surface area (Å²) in [6, 6.07) is 5.78. The Kier molecular flexibility index (Phi) is 3.43. The lowest BCUT2D eigenvalue weighted by Crippen LogP contribution is -2.29. The van der Waals surface area contributed by atoms with Crippen LogP contribution in [0, 0.1) is 5.41 Å². The normalized spacial score (nSPS) is 16.6. The molecule has 0 aromatic heterocycles. The molecule has 94 valence electrons. The first-order chi connectivity index (χ1) is 8.17. The van der Waals surface area contributed by atoms with Crippen LogP contribution < -0.4 is 14.8 Å². The third-order valence-electron chi connectivity index (χ3n) is 3.33. The predicted octanol–water partition coefficient (Wildman–Crippen LogP) is 2.24. The van der Waals surface area contributed by atoms with Crippen LogP contribution in [0.3, 0.4) is 0 Å². The van der Waals surface area contributed by atoms with Gasteiger partial charge in [-0.15, -0.1) is 0 Å². The average molecular weight is 237 g/mol. The van der Waals surface area contributed by atoms with Crippen LogP contribution in [0.5, 0.6) is 11.5 Å². The summed E-state index contributed by atoms with van der Waals surface area (Å²) in [6.45, 7) is 5.35. The van der Waals surface area contributed by atoms with Crippen LogP contribution in [0.25, 0.3) is 0 Å². The molecule has 1 aliphatic rings. The maximum absolute atomic E-state index is 9.33. The summed E-state index contributed by atoms with van der Waals surface area (Å²) in [5.41, 5.74) is 0.901. The summed E-state index contributed by atoms with van der Waals surface area (Å²) in [7, 11) is 0. The van der Waals surface area contributed by atoms with Crippen molar-refractivity contribution < 1.29 is 14.6 Å². The van der Waals surface area contributed by atoms with Gasteiger partial charge in [0.15, 0.2) is 11.5 Å². The van der Waals surface area contributed by atoms with E-state index in [9.17, 15) is 5.11 Å². The second-order valence-electron chi connectivity index (χ2n) is 4.74. The number of aliphatic hydroxyl groups excluding tert-OH is 1. The fraction of sp³-hybridized carbons (Fsp3) is 0.538. The van der Waals surface area contributed by atoms with Crippen LogP contribution in [0.15, 0.2) is 18.2 Å². The molecule has 4 nitrogen and oxygen atoms in total. The fourth-order valence-electron chi connectivity index (χ4n) is 1.61. The Morgan fingerprint density at radius 3 is 2.82 bits per heavy atom. The van der Waals surface area contributed by atoms with Crippen molar-refractivity contribution in [3.63, 3.8) is 0 Å². The van der Waals surface area contributed by atoms with Crippen molar-refractivity contribution in [2.45, 2.75) is 20.3 Å². The van der Waals surface area contributed by atoms with Gasteiger partial charge in [-0.3, -0.25) is 0 Å². The number of fused-ring (bicyclic) bond motifs is 1. The summed E-state index contributed by atoms with van der Waals surface area (Å²) in [5.74, 6) is 1.56. The summed E-state index contributed by atoms with van der Waals surface area (Å²) in [6.07, 6.45) is 0.932. The van der Waals surface area contributed by atoms with Crippen LogP contribution in [0.1, 0.15) is 20.3 Å². The van der Waals surface area contributed by atoms with Gasteiger partial charge in [-0.1, -0.05) is 13.8 Å². The molecule has 17 heavy (non-hydrogen) atoms. The van der Waals surface area contributed by atoms with E-state index in [-0.39, 0.29) is 12.0 Å². The quantitative estimate of drug-likeness (QED) is 0.824. The van der Waals surface area contributed by atoms with E-state index in [0.717, 1.165) is 30.2 Å². The molecular formula is C13H19NO3. The molecule has 2 rings (SSSR count). The van der Waals surface area contributed by atoms with Crippen LogP contribution >= 0.6 is 0 Å². The van der Waals surface area contributed by atoms with Gasteiger partial charge in [-0.2, -0.15) is 0 Å². The number of aliphatic hydroxyl groups is 1. The van der Waals surface area contributed by atoms with Gasteiger partial charge >= 0.3 is 0 Å². The minimum atomic E-state index is -0.0869. The number of hydrogen-bond donors (Lipinski definition) is 2. The first-order valence-electron chi connectivity index (χ1n) is 5.91. The standard InChI is InChI=1S/C13H19NO3/c1-3-13(2,8-15)7-14-10-4-5-11-12(6-10)17-9-16-11/h4-6,14-15H,3,7-9H2,1-2H3. The second-order valence-corrected chi connectivity index (χ2v) is 4.74. The van der Waals surface area contributed by atoms with Gasteiger partial charge in [0.25, 0.3) is 0 Å². The maximum atomic E-state index is 9.33. The third kappa shape index (κ3) is 2.64.